The van der Waals surface area contributed by atoms with Crippen LogP contribution in [0.5, 0.6) is 0 Å². The van der Waals surface area contributed by atoms with Gasteiger partial charge in [0.2, 0.25) is 0 Å². The number of carboxylic acids is 1. The zero-order valence-corrected chi connectivity index (χ0v) is 12.6. The maximum absolute atomic E-state index is 10.8. The molecule has 0 unspecified atom stereocenters. The lowest BCUT2D eigenvalue weighted by Gasteiger charge is -2.07. The van der Waals surface area contributed by atoms with Crippen molar-refractivity contribution in [2.24, 2.45) is 0 Å². The second-order valence-electron chi connectivity index (χ2n) is 4.79. The van der Waals surface area contributed by atoms with Crippen LogP contribution in [0.15, 0.2) is 29.8 Å². The first kappa shape index (κ1) is 14.7. The minimum absolute atomic E-state index is 0.0460. The SMILES string of the molecule is N#Cc1c(-c2ccn[nH]2)cc(-c2cc(CC(=O)O)cs2)nc1N. The summed E-state index contributed by atoms with van der Waals surface area (Å²) >= 11 is 1.38. The van der Waals surface area contributed by atoms with Crippen molar-refractivity contribution in [3.63, 3.8) is 0 Å². The standard InChI is InChI=1S/C15H11N5O2S/c16-6-10-9(11-1-2-18-20-11)5-12(19-15(10)17)13-3-8(7-23-13)4-14(21)22/h1-3,5,7H,4H2,(H2,17,19)(H,18,20)(H,21,22). The molecular weight excluding hydrogens is 314 g/mol. The number of nitrogens with one attached hydrogen (secondary N) is 1. The minimum atomic E-state index is -0.889. The molecule has 23 heavy (non-hydrogen) atoms. The average molecular weight is 325 g/mol. The number of aromatic amines is 1. The predicted octanol–water partition coefficient (Wildman–Crippen LogP) is 2.28. The number of anilines is 1. The van der Waals surface area contributed by atoms with Gasteiger partial charge in [0.05, 0.1) is 22.7 Å². The van der Waals surface area contributed by atoms with E-state index < -0.39 is 5.97 Å². The first-order valence-electron chi connectivity index (χ1n) is 6.58. The summed E-state index contributed by atoms with van der Waals surface area (Å²) in [6.07, 6.45) is 1.54. The zero-order chi connectivity index (χ0) is 16.4. The number of hydrogen-bond acceptors (Lipinski definition) is 6. The normalized spacial score (nSPS) is 10.4. The summed E-state index contributed by atoms with van der Waals surface area (Å²) in [4.78, 5) is 15.8. The Kier molecular flexibility index (Phi) is 3.78. The lowest BCUT2D eigenvalue weighted by molar-refractivity contribution is -0.136. The van der Waals surface area contributed by atoms with Crippen molar-refractivity contribution in [1.29, 1.82) is 5.26 Å². The number of aliphatic carboxylic acids is 1. The predicted molar refractivity (Wildman–Crippen MR) is 85.6 cm³/mol. The van der Waals surface area contributed by atoms with E-state index in [0.717, 1.165) is 4.88 Å². The molecule has 0 aliphatic heterocycles. The molecule has 0 atom stereocenters. The van der Waals surface area contributed by atoms with Gasteiger partial charge in [-0.05, 0) is 29.1 Å². The Morgan fingerprint density at radius 3 is 2.96 bits per heavy atom. The molecule has 3 aromatic rings. The van der Waals surface area contributed by atoms with Gasteiger partial charge in [0.25, 0.3) is 0 Å². The van der Waals surface area contributed by atoms with E-state index >= 15 is 0 Å². The molecule has 0 fully saturated rings. The lowest BCUT2D eigenvalue weighted by Crippen LogP contribution is -2.00. The Hall–Kier alpha value is -3.18. The summed E-state index contributed by atoms with van der Waals surface area (Å²) in [5.41, 5.74) is 8.75. The number of nitrogen functional groups attached to an aromatic ring is 1. The van der Waals surface area contributed by atoms with Crippen LogP contribution >= 0.6 is 11.3 Å². The molecule has 0 aliphatic carbocycles. The van der Waals surface area contributed by atoms with Crippen molar-refractivity contribution < 1.29 is 9.90 Å². The van der Waals surface area contributed by atoms with Crippen LogP contribution in [0.4, 0.5) is 5.82 Å². The highest BCUT2D eigenvalue weighted by molar-refractivity contribution is 7.13. The largest absolute Gasteiger partial charge is 0.481 e. The number of carbonyl (C=O) groups is 1. The molecule has 7 nitrogen and oxygen atoms in total. The minimum Gasteiger partial charge on any atom is -0.481 e. The summed E-state index contributed by atoms with van der Waals surface area (Å²) < 4.78 is 0. The Bertz CT molecular complexity index is 909. The average Bonchev–Trinajstić information content (AvgIpc) is 3.17. The summed E-state index contributed by atoms with van der Waals surface area (Å²) in [6, 6.07) is 7.31. The lowest BCUT2D eigenvalue weighted by atomic mass is 10.0. The maximum Gasteiger partial charge on any atom is 0.307 e. The van der Waals surface area contributed by atoms with E-state index in [1.165, 1.54) is 11.3 Å². The van der Waals surface area contributed by atoms with Gasteiger partial charge in [0, 0.05) is 11.8 Å². The number of thiophene rings is 1. The Morgan fingerprint density at radius 2 is 2.30 bits per heavy atom. The van der Waals surface area contributed by atoms with Crippen LogP contribution in [0.1, 0.15) is 11.1 Å². The van der Waals surface area contributed by atoms with Crippen LogP contribution in [-0.2, 0) is 11.2 Å². The van der Waals surface area contributed by atoms with E-state index in [2.05, 4.69) is 21.3 Å². The number of H-pyrrole nitrogens is 1. The van der Waals surface area contributed by atoms with Crippen LogP contribution in [0.25, 0.3) is 21.8 Å². The second-order valence-corrected chi connectivity index (χ2v) is 5.70. The van der Waals surface area contributed by atoms with Gasteiger partial charge >= 0.3 is 5.97 Å². The molecule has 114 valence electrons. The van der Waals surface area contributed by atoms with E-state index in [-0.39, 0.29) is 17.8 Å². The smallest absolute Gasteiger partial charge is 0.307 e. The number of nitrogens with zero attached hydrogens (tertiary/aromatic N) is 3. The fourth-order valence-electron chi connectivity index (χ4n) is 2.20. The Labute approximate surface area is 135 Å². The highest BCUT2D eigenvalue weighted by atomic mass is 32.1. The molecule has 4 N–H and O–H groups in total. The van der Waals surface area contributed by atoms with Crippen molar-refractivity contribution in [2.45, 2.75) is 6.42 Å². The number of rotatable bonds is 4. The van der Waals surface area contributed by atoms with Gasteiger partial charge in [-0.2, -0.15) is 10.4 Å². The van der Waals surface area contributed by atoms with E-state index in [1.54, 1.807) is 29.8 Å². The summed E-state index contributed by atoms with van der Waals surface area (Å²) in [7, 11) is 0. The first-order chi connectivity index (χ1) is 11.1. The highest BCUT2D eigenvalue weighted by Crippen LogP contribution is 2.32. The fourth-order valence-corrected chi connectivity index (χ4v) is 3.08. The Balaban J connectivity index is 2.09. The van der Waals surface area contributed by atoms with Gasteiger partial charge in [0.15, 0.2) is 0 Å². The van der Waals surface area contributed by atoms with Crippen molar-refractivity contribution in [1.82, 2.24) is 15.2 Å². The van der Waals surface area contributed by atoms with E-state index in [4.69, 9.17) is 10.8 Å². The highest BCUT2D eigenvalue weighted by Gasteiger charge is 2.15. The fraction of sp³-hybridized carbons (Fsp3) is 0.0667. The number of nitriles is 1. The molecule has 3 heterocycles. The maximum atomic E-state index is 10.8. The molecule has 0 bridgehead atoms. The van der Waals surface area contributed by atoms with Crippen molar-refractivity contribution >= 4 is 23.1 Å². The molecule has 0 aliphatic rings. The van der Waals surface area contributed by atoms with Gasteiger partial charge in [-0.15, -0.1) is 11.3 Å². The molecule has 0 spiro atoms. The van der Waals surface area contributed by atoms with Crippen LogP contribution < -0.4 is 5.73 Å². The van der Waals surface area contributed by atoms with Gasteiger partial charge < -0.3 is 10.8 Å². The molecule has 8 heteroatoms. The van der Waals surface area contributed by atoms with Crippen molar-refractivity contribution in [2.75, 3.05) is 5.73 Å². The van der Waals surface area contributed by atoms with Crippen LogP contribution in [-0.4, -0.2) is 26.3 Å². The molecule has 0 saturated carbocycles. The number of hydrogen-bond donors (Lipinski definition) is 3. The first-order valence-corrected chi connectivity index (χ1v) is 7.46. The van der Waals surface area contributed by atoms with E-state index in [1.807, 2.05) is 0 Å². The quantitative estimate of drug-likeness (QED) is 0.675. The molecule has 3 aromatic heterocycles. The van der Waals surface area contributed by atoms with E-state index in [9.17, 15) is 10.1 Å². The molecule has 0 saturated heterocycles. The monoisotopic (exact) mass is 325 g/mol. The molecule has 0 radical (unpaired) electrons. The zero-order valence-electron chi connectivity index (χ0n) is 11.8. The van der Waals surface area contributed by atoms with Gasteiger partial charge in [-0.25, -0.2) is 4.98 Å². The number of carboxylic acid groups (broad SMARTS) is 1. The number of pyridine rings is 1. The molecule has 0 amide bonds. The third-order valence-corrected chi connectivity index (χ3v) is 4.21. The second kappa shape index (κ2) is 5.90. The third-order valence-electron chi connectivity index (χ3n) is 3.21. The van der Waals surface area contributed by atoms with Gasteiger partial charge in [-0.1, -0.05) is 0 Å². The third kappa shape index (κ3) is 2.90. The number of nitrogens with two attached hydrogens (primary N) is 1. The van der Waals surface area contributed by atoms with Crippen molar-refractivity contribution in [3.05, 3.63) is 40.9 Å². The molecule has 0 aromatic carbocycles. The van der Waals surface area contributed by atoms with Gasteiger partial charge in [-0.3, -0.25) is 9.89 Å². The van der Waals surface area contributed by atoms with E-state index in [0.29, 0.717) is 22.5 Å². The van der Waals surface area contributed by atoms with Crippen LogP contribution in [0.2, 0.25) is 0 Å². The summed E-state index contributed by atoms with van der Waals surface area (Å²) in [5, 5.41) is 26.6. The topological polar surface area (TPSA) is 129 Å². The Morgan fingerprint density at radius 1 is 1.48 bits per heavy atom. The molecular formula is C15H11N5O2S. The van der Waals surface area contributed by atoms with Gasteiger partial charge in [0.1, 0.15) is 17.5 Å². The van der Waals surface area contributed by atoms with Crippen LogP contribution in [0.3, 0.4) is 0 Å². The number of aromatic nitrogens is 3. The molecule has 3 rings (SSSR count). The van der Waals surface area contributed by atoms with Crippen molar-refractivity contribution in [3.8, 4) is 27.9 Å². The summed E-state index contributed by atoms with van der Waals surface area (Å²) in [6.45, 7) is 0. The van der Waals surface area contributed by atoms with Crippen LogP contribution in [0, 0.1) is 11.3 Å². The summed E-state index contributed by atoms with van der Waals surface area (Å²) in [5.74, 6) is -0.761.